The lowest BCUT2D eigenvalue weighted by atomic mass is 9.99. The number of hydrogen-bond acceptors (Lipinski definition) is 7. The Morgan fingerprint density at radius 2 is 1.47 bits per heavy atom. The molecular formula is C34H48F2N4O6S. The maximum Gasteiger partial charge on any atom is 0.410 e. The third-order valence-electron chi connectivity index (χ3n) is 7.44. The molecular weight excluding hydrogens is 630 g/mol. The summed E-state index contributed by atoms with van der Waals surface area (Å²) in [6, 6.07) is 15.8. The van der Waals surface area contributed by atoms with E-state index < -0.39 is 39.7 Å². The SMILES string of the molecule is C.C.C.CC1CN(C(=O)OCc2ccccc2)CC(CN2C(=O)c3ccccc3C2=O)=C1F.CC1CNCC(CNS(C)(=O)=O)=C1F. The van der Waals surface area contributed by atoms with Crippen LogP contribution in [0.25, 0.3) is 0 Å². The molecule has 3 heterocycles. The second-order valence-corrected chi connectivity index (χ2v) is 12.9. The molecule has 0 bridgehead atoms. The first-order chi connectivity index (χ1) is 20.9. The number of benzene rings is 2. The van der Waals surface area contributed by atoms with Gasteiger partial charge in [0.1, 0.15) is 18.3 Å². The van der Waals surface area contributed by atoms with Gasteiger partial charge < -0.3 is 15.0 Å². The highest BCUT2D eigenvalue weighted by Crippen LogP contribution is 2.29. The zero-order chi connectivity index (χ0) is 32.0. The Bertz CT molecular complexity index is 1540. The first kappa shape index (κ1) is 41.1. The van der Waals surface area contributed by atoms with Gasteiger partial charge in [-0.2, -0.15) is 0 Å². The summed E-state index contributed by atoms with van der Waals surface area (Å²) in [6.45, 7) is 4.57. The van der Waals surface area contributed by atoms with Crippen molar-refractivity contribution in [3.05, 3.63) is 94.1 Å². The van der Waals surface area contributed by atoms with Crippen LogP contribution in [0.1, 0.15) is 62.4 Å². The summed E-state index contributed by atoms with van der Waals surface area (Å²) in [4.78, 5) is 40.2. The summed E-state index contributed by atoms with van der Waals surface area (Å²) < 4.78 is 57.4. The number of carbonyl (C=O) groups is 3. The van der Waals surface area contributed by atoms with E-state index in [-0.39, 0.29) is 72.4 Å². The number of nitrogens with zero attached hydrogens (tertiary/aromatic N) is 2. The molecule has 13 heteroatoms. The van der Waals surface area contributed by atoms with E-state index in [1.807, 2.05) is 30.3 Å². The van der Waals surface area contributed by atoms with Gasteiger partial charge in [-0.15, -0.1) is 0 Å². The van der Waals surface area contributed by atoms with Crippen molar-refractivity contribution in [1.29, 1.82) is 0 Å². The molecule has 0 saturated carbocycles. The van der Waals surface area contributed by atoms with Gasteiger partial charge in [-0.3, -0.25) is 14.5 Å². The number of rotatable bonds is 7. The summed E-state index contributed by atoms with van der Waals surface area (Å²) in [6.07, 6.45) is 0.503. The molecule has 260 valence electrons. The maximum absolute atomic E-state index is 14.8. The summed E-state index contributed by atoms with van der Waals surface area (Å²) in [5.41, 5.74) is 2.20. The van der Waals surface area contributed by atoms with Crippen molar-refractivity contribution in [1.82, 2.24) is 19.8 Å². The largest absolute Gasteiger partial charge is 0.445 e. The van der Waals surface area contributed by atoms with E-state index in [1.165, 1.54) is 4.90 Å². The second kappa shape index (κ2) is 17.8. The quantitative estimate of drug-likeness (QED) is 0.360. The van der Waals surface area contributed by atoms with Crippen molar-refractivity contribution in [2.24, 2.45) is 11.8 Å². The van der Waals surface area contributed by atoms with Crippen molar-refractivity contribution in [3.8, 4) is 0 Å². The molecule has 2 aromatic rings. The van der Waals surface area contributed by atoms with Crippen LogP contribution in [0.4, 0.5) is 13.6 Å². The Morgan fingerprint density at radius 1 is 0.915 bits per heavy atom. The van der Waals surface area contributed by atoms with Crippen LogP contribution < -0.4 is 10.0 Å². The fourth-order valence-corrected chi connectivity index (χ4v) is 5.54. The standard InChI is InChI=1S/C23H21FN2O4.C8H15FN2O2S.3CH4/c1-15-11-25(23(29)30-14-16-7-3-2-4-8-16)12-17(20(15)24)13-26-21(27)18-9-5-6-10-19(18)22(26)28;1-6-3-10-4-7(8(6)9)5-11-14(2,12)13;;;/h2-10,15H,11-14H2,1H3;6,10-11H,3-5H2,1-2H3;3*1H4. The fraction of sp³-hybridized carbons (Fsp3) is 0.441. The molecule has 3 aliphatic rings. The minimum Gasteiger partial charge on any atom is -0.445 e. The van der Waals surface area contributed by atoms with E-state index in [4.69, 9.17) is 4.74 Å². The molecule has 2 unspecified atom stereocenters. The number of hydrogen-bond donors (Lipinski definition) is 2. The third kappa shape index (κ3) is 10.5. The molecule has 0 aromatic heterocycles. The van der Waals surface area contributed by atoms with Crippen LogP contribution in [-0.4, -0.2) is 81.6 Å². The molecule has 2 aromatic carbocycles. The number of sulfonamides is 1. The van der Waals surface area contributed by atoms with Gasteiger partial charge in [0.05, 0.1) is 23.9 Å². The predicted molar refractivity (Wildman–Crippen MR) is 181 cm³/mol. The minimum absolute atomic E-state index is 0. The smallest absolute Gasteiger partial charge is 0.410 e. The van der Waals surface area contributed by atoms with Crippen LogP contribution in [0.15, 0.2) is 77.4 Å². The van der Waals surface area contributed by atoms with Crippen LogP contribution in [0.5, 0.6) is 0 Å². The van der Waals surface area contributed by atoms with Crippen LogP contribution in [-0.2, 0) is 21.4 Å². The Hall–Kier alpha value is -3.94. The number of halogens is 2. The Morgan fingerprint density at radius 3 is 2.04 bits per heavy atom. The molecule has 3 aliphatic heterocycles. The topological polar surface area (TPSA) is 125 Å². The predicted octanol–water partition coefficient (Wildman–Crippen LogP) is 5.70. The summed E-state index contributed by atoms with van der Waals surface area (Å²) >= 11 is 0. The van der Waals surface area contributed by atoms with Crippen LogP contribution in [0, 0.1) is 11.8 Å². The first-order valence-corrected chi connectivity index (χ1v) is 16.1. The van der Waals surface area contributed by atoms with Crippen molar-refractivity contribution in [3.63, 3.8) is 0 Å². The number of imide groups is 1. The van der Waals surface area contributed by atoms with Gasteiger partial charge in [0, 0.05) is 50.1 Å². The number of amides is 3. The molecule has 0 aliphatic carbocycles. The van der Waals surface area contributed by atoms with Gasteiger partial charge in [-0.05, 0) is 23.3 Å². The van der Waals surface area contributed by atoms with Crippen LogP contribution in [0.3, 0.4) is 0 Å². The van der Waals surface area contributed by atoms with E-state index >= 15 is 0 Å². The van der Waals surface area contributed by atoms with Crippen molar-refractivity contribution >= 4 is 27.9 Å². The zero-order valence-corrected chi connectivity index (χ0v) is 25.6. The molecule has 10 nitrogen and oxygen atoms in total. The minimum atomic E-state index is -3.24. The van der Waals surface area contributed by atoms with Crippen molar-refractivity contribution in [2.45, 2.75) is 42.7 Å². The molecule has 5 rings (SSSR count). The van der Waals surface area contributed by atoms with Crippen LogP contribution in [0.2, 0.25) is 0 Å². The Kier molecular flexibility index (Phi) is 15.6. The monoisotopic (exact) mass is 678 g/mol. The van der Waals surface area contributed by atoms with Gasteiger partial charge in [0.15, 0.2) is 0 Å². The number of fused-ring (bicyclic) bond motifs is 1. The second-order valence-electron chi connectivity index (χ2n) is 11.1. The van der Waals surface area contributed by atoms with Crippen molar-refractivity contribution < 1.29 is 36.3 Å². The number of ether oxygens (including phenoxy) is 1. The fourth-order valence-electron chi connectivity index (χ4n) is 5.11. The van der Waals surface area contributed by atoms with Gasteiger partial charge >= 0.3 is 6.09 Å². The van der Waals surface area contributed by atoms with Crippen molar-refractivity contribution in [2.75, 3.05) is 45.5 Å². The molecule has 3 amide bonds. The lowest BCUT2D eigenvalue weighted by Gasteiger charge is -2.32. The lowest BCUT2D eigenvalue weighted by molar-refractivity contribution is 0.0657. The van der Waals surface area contributed by atoms with E-state index in [0.717, 1.165) is 16.7 Å². The van der Waals surface area contributed by atoms with Gasteiger partial charge in [-0.25, -0.2) is 26.7 Å². The lowest BCUT2D eigenvalue weighted by Crippen LogP contribution is -2.43. The number of carbonyl (C=O) groups excluding carboxylic acids is 3. The summed E-state index contributed by atoms with van der Waals surface area (Å²) in [5, 5.41) is 3.02. The summed E-state index contributed by atoms with van der Waals surface area (Å²) in [7, 11) is -3.24. The van der Waals surface area contributed by atoms with Gasteiger partial charge in [0.25, 0.3) is 11.8 Å². The maximum atomic E-state index is 14.8. The molecule has 2 atom stereocenters. The average Bonchev–Trinajstić information content (AvgIpc) is 3.24. The van der Waals surface area contributed by atoms with E-state index in [0.29, 0.717) is 29.8 Å². The molecule has 0 saturated heterocycles. The van der Waals surface area contributed by atoms with E-state index in [1.54, 1.807) is 38.1 Å². The van der Waals surface area contributed by atoms with Gasteiger partial charge in [-0.1, -0.05) is 78.6 Å². The number of nitrogens with one attached hydrogen (secondary N) is 2. The molecule has 0 spiro atoms. The first-order valence-electron chi connectivity index (χ1n) is 14.2. The van der Waals surface area contributed by atoms with E-state index in [9.17, 15) is 31.6 Å². The highest BCUT2D eigenvalue weighted by molar-refractivity contribution is 7.88. The summed E-state index contributed by atoms with van der Waals surface area (Å²) in [5.74, 6) is -2.20. The highest BCUT2D eigenvalue weighted by atomic mass is 32.2. The average molecular weight is 679 g/mol. The van der Waals surface area contributed by atoms with Gasteiger partial charge in [0.2, 0.25) is 10.0 Å². The molecule has 47 heavy (non-hydrogen) atoms. The van der Waals surface area contributed by atoms with E-state index in [2.05, 4.69) is 10.0 Å². The Balaban J connectivity index is 0.000000556. The zero-order valence-electron chi connectivity index (χ0n) is 24.8. The molecule has 2 N–H and O–H groups in total. The Labute approximate surface area is 277 Å². The third-order valence-corrected chi connectivity index (χ3v) is 8.11. The molecule has 0 radical (unpaired) electrons. The highest BCUT2D eigenvalue weighted by Gasteiger charge is 2.38. The van der Waals surface area contributed by atoms with Crippen LogP contribution >= 0.6 is 0 Å². The normalized spacial score (nSPS) is 19.1. The molecule has 0 fully saturated rings.